The van der Waals surface area contributed by atoms with E-state index in [4.69, 9.17) is 5.73 Å². The van der Waals surface area contributed by atoms with Crippen LogP contribution >= 0.6 is 11.3 Å². The van der Waals surface area contributed by atoms with Crippen LogP contribution in [0.5, 0.6) is 0 Å². The van der Waals surface area contributed by atoms with Crippen molar-refractivity contribution in [2.75, 3.05) is 12.4 Å². The number of nitrogens with one attached hydrogen (secondary N) is 1. The summed E-state index contributed by atoms with van der Waals surface area (Å²) in [6.45, 7) is 11.3. The Morgan fingerprint density at radius 3 is 2.52 bits per heavy atom. The van der Waals surface area contributed by atoms with Gasteiger partial charge in [-0.2, -0.15) is 0 Å². The minimum absolute atomic E-state index is 0.0424. The minimum atomic E-state index is -1.14. The first-order valence-electron chi connectivity index (χ1n) is 9.52. The molecule has 2 heterocycles. The molecule has 6 nitrogen and oxygen atoms in total. The third-order valence-corrected chi connectivity index (χ3v) is 7.28. The molecule has 3 N–H and O–H groups in total. The molecular weight excluding hydrogens is 389 g/mol. The highest BCUT2D eigenvalue weighted by Gasteiger charge is 2.53. The molecule has 2 atom stereocenters. The molecule has 1 aliphatic rings. The van der Waals surface area contributed by atoms with Gasteiger partial charge in [-0.3, -0.25) is 9.69 Å². The Bertz CT molecular complexity index is 979. The Morgan fingerprint density at radius 2 is 1.93 bits per heavy atom. The van der Waals surface area contributed by atoms with Crippen molar-refractivity contribution in [3.8, 4) is 0 Å². The lowest BCUT2D eigenvalue weighted by atomic mass is 9.67. The number of rotatable bonds is 4. The van der Waals surface area contributed by atoms with Gasteiger partial charge in [0.05, 0.1) is 17.2 Å². The number of halogens is 1. The second-order valence-electron chi connectivity index (χ2n) is 8.29. The number of hydrogen-bond donors (Lipinski definition) is 2. The van der Waals surface area contributed by atoms with Gasteiger partial charge in [0.25, 0.3) is 0 Å². The number of benzene rings is 1. The summed E-state index contributed by atoms with van der Waals surface area (Å²) in [6, 6.07) is 4.76. The van der Waals surface area contributed by atoms with Gasteiger partial charge in [0.2, 0.25) is 5.91 Å². The van der Waals surface area contributed by atoms with E-state index >= 15 is 0 Å². The predicted octanol–water partition coefficient (Wildman–Crippen LogP) is 4.10. The van der Waals surface area contributed by atoms with Crippen LogP contribution in [0.3, 0.4) is 0 Å². The van der Waals surface area contributed by atoms with Crippen LogP contribution in [0.2, 0.25) is 0 Å². The smallest absolute Gasteiger partial charge is 0.237 e. The second kappa shape index (κ2) is 7.09. The van der Waals surface area contributed by atoms with Crippen LogP contribution in [0.1, 0.15) is 54.9 Å². The minimum Gasteiger partial charge on any atom is -0.376 e. The summed E-state index contributed by atoms with van der Waals surface area (Å²) in [5, 5.41) is 4.35. The van der Waals surface area contributed by atoms with Gasteiger partial charge in [-0.1, -0.05) is 0 Å². The van der Waals surface area contributed by atoms with Crippen molar-refractivity contribution in [2.45, 2.75) is 53.1 Å². The quantitative estimate of drug-likeness (QED) is 0.784. The standard InChI is InChI=1S/C21H28FN5OS/c1-11-13(3)29-17(25-11)12(2)24-14-8-9-16(22)15(10-14)21(6)20(4,5)18(28)27(7)19(23)26-21/h8-10,12,24H,1-7H3,(H2,23,26)/t12?,21-/m1/s1. The summed E-state index contributed by atoms with van der Waals surface area (Å²) < 4.78 is 14.9. The lowest BCUT2D eigenvalue weighted by Gasteiger charge is -2.46. The van der Waals surface area contributed by atoms with Gasteiger partial charge in [0, 0.05) is 23.2 Å². The van der Waals surface area contributed by atoms with Gasteiger partial charge in [0.15, 0.2) is 5.96 Å². The first-order valence-corrected chi connectivity index (χ1v) is 10.3. The Labute approximate surface area is 175 Å². The number of guanidine groups is 1. The number of thiazole rings is 1. The Balaban J connectivity index is 2.02. The summed E-state index contributed by atoms with van der Waals surface area (Å²) in [7, 11) is 1.58. The van der Waals surface area contributed by atoms with Gasteiger partial charge in [-0.15, -0.1) is 11.3 Å². The molecule has 0 aliphatic carbocycles. The molecule has 0 bridgehead atoms. The Hall–Kier alpha value is -2.48. The molecule has 1 unspecified atom stereocenters. The van der Waals surface area contributed by atoms with Crippen LogP contribution in [0.4, 0.5) is 10.1 Å². The Kier molecular flexibility index (Phi) is 5.19. The van der Waals surface area contributed by atoms with Gasteiger partial charge in [-0.25, -0.2) is 14.4 Å². The topological polar surface area (TPSA) is 83.6 Å². The molecule has 29 heavy (non-hydrogen) atoms. The molecule has 0 fully saturated rings. The Morgan fingerprint density at radius 1 is 1.28 bits per heavy atom. The number of nitrogens with two attached hydrogens (primary N) is 1. The summed E-state index contributed by atoms with van der Waals surface area (Å²) in [5.41, 5.74) is 5.94. The van der Waals surface area contributed by atoms with Crippen LogP contribution in [-0.2, 0) is 10.3 Å². The zero-order valence-electron chi connectivity index (χ0n) is 17.9. The van der Waals surface area contributed by atoms with Crippen molar-refractivity contribution in [2.24, 2.45) is 16.1 Å². The molecule has 0 saturated carbocycles. The third kappa shape index (κ3) is 3.39. The number of anilines is 1. The lowest BCUT2D eigenvalue weighted by Crippen LogP contribution is -2.58. The van der Waals surface area contributed by atoms with E-state index in [9.17, 15) is 9.18 Å². The number of carbonyl (C=O) groups is 1. The van der Waals surface area contributed by atoms with Crippen molar-refractivity contribution in [3.05, 3.63) is 45.2 Å². The molecule has 156 valence electrons. The zero-order valence-corrected chi connectivity index (χ0v) is 18.7. The molecule has 8 heteroatoms. The molecule has 0 spiro atoms. The largest absolute Gasteiger partial charge is 0.376 e. The fourth-order valence-corrected chi connectivity index (χ4v) is 4.48. The highest BCUT2D eigenvalue weighted by atomic mass is 32.1. The average molecular weight is 418 g/mol. The molecular formula is C21H28FN5OS. The lowest BCUT2D eigenvalue weighted by molar-refractivity contribution is -0.140. The van der Waals surface area contributed by atoms with E-state index in [0.717, 1.165) is 16.4 Å². The van der Waals surface area contributed by atoms with Crippen molar-refractivity contribution >= 4 is 28.9 Å². The SMILES string of the molecule is Cc1nc(C(C)Nc2ccc(F)c([C@@]3(C)N=C(N)N(C)C(=O)C3(C)C)c2)sc1C. The van der Waals surface area contributed by atoms with Crippen molar-refractivity contribution in [1.29, 1.82) is 0 Å². The number of aliphatic imine (C=N–C) groups is 1. The monoisotopic (exact) mass is 417 g/mol. The fourth-order valence-electron chi connectivity index (χ4n) is 3.55. The zero-order chi connectivity index (χ0) is 21.7. The van der Waals surface area contributed by atoms with E-state index < -0.39 is 16.8 Å². The number of carbonyl (C=O) groups excluding carboxylic acids is 1. The second-order valence-corrected chi connectivity index (χ2v) is 9.52. The van der Waals surface area contributed by atoms with E-state index in [2.05, 4.69) is 15.3 Å². The molecule has 0 saturated heterocycles. The van der Waals surface area contributed by atoms with Crippen LogP contribution < -0.4 is 11.1 Å². The first-order chi connectivity index (χ1) is 13.4. The highest BCUT2D eigenvalue weighted by Crippen LogP contribution is 2.47. The highest BCUT2D eigenvalue weighted by molar-refractivity contribution is 7.11. The van der Waals surface area contributed by atoms with Crippen LogP contribution in [0.15, 0.2) is 23.2 Å². The molecule has 0 radical (unpaired) electrons. The maximum absolute atomic E-state index is 14.9. The van der Waals surface area contributed by atoms with Gasteiger partial charge in [0.1, 0.15) is 16.4 Å². The van der Waals surface area contributed by atoms with Gasteiger partial charge >= 0.3 is 0 Å². The van der Waals surface area contributed by atoms with Crippen molar-refractivity contribution in [1.82, 2.24) is 9.88 Å². The number of aryl methyl sites for hydroxylation is 2. The molecule has 1 aliphatic heterocycles. The molecule has 1 amide bonds. The maximum Gasteiger partial charge on any atom is 0.237 e. The fraction of sp³-hybridized carbons (Fsp3) is 0.476. The molecule has 3 rings (SSSR count). The molecule has 1 aromatic carbocycles. The normalized spacial score (nSPS) is 22.4. The first kappa shape index (κ1) is 21.2. The summed E-state index contributed by atoms with van der Waals surface area (Å²) in [4.78, 5) is 24.5. The van der Waals surface area contributed by atoms with Gasteiger partial charge < -0.3 is 11.1 Å². The maximum atomic E-state index is 14.9. The number of amides is 1. The van der Waals surface area contributed by atoms with E-state index in [-0.39, 0.29) is 17.9 Å². The number of aromatic nitrogens is 1. The van der Waals surface area contributed by atoms with Gasteiger partial charge in [-0.05, 0) is 59.7 Å². The van der Waals surface area contributed by atoms with Crippen molar-refractivity contribution in [3.63, 3.8) is 0 Å². The summed E-state index contributed by atoms with van der Waals surface area (Å²) in [5.74, 6) is -0.544. The number of hydrogen-bond acceptors (Lipinski definition) is 6. The third-order valence-electron chi connectivity index (χ3n) is 6.03. The number of nitrogens with zero attached hydrogens (tertiary/aromatic N) is 3. The van der Waals surface area contributed by atoms with Crippen LogP contribution in [0.25, 0.3) is 0 Å². The van der Waals surface area contributed by atoms with E-state index in [1.165, 1.54) is 15.8 Å². The molecule has 2 aromatic rings. The van der Waals surface area contributed by atoms with Crippen LogP contribution in [-0.4, -0.2) is 28.8 Å². The average Bonchev–Trinajstić information content (AvgIpc) is 2.99. The molecule has 1 aromatic heterocycles. The summed E-state index contributed by atoms with van der Waals surface area (Å²) in [6.07, 6.45) is 0. The van der Waals surface area contributed by atoms with E-state index in [0.29, 0.717) is 5.56 Å². The van der Waals surface area contributed by atoms with Crippen molar-refractivity contribution < 1.29 is 9.18 Å². The van der Waals surface area contributed by atoms with E-state index in [1.807, 2.05) is 20.8 Å². The predicted molar refractivity (Wildman–Crippen MR) is 116 cm³/mol. The van der Waals surface area contributed by atoms with Crippen LogP contribution in [0, 0.1) is 25.1 Å². The van der Waals surface area contributed by atoms with E-state index in [1.54, 1.807) is 51.3 Å². The summed E-state index contributed by atoms with van der Waals surface area (Å²) >= 11 is 1.64.